The molecule has 0 spiro atoms. The van der Waals surface area contributed by atoms with Gasteiger partial charge < -0.3 is 84.3 Å². The number of fused-ring (bicyclic) bond motifs is 8. The molecule has 0 saturated heterocycles. The predicted molar refractivity (Wildman–Crippen MR) is 524 cm³/mol. The fourth-order valence-electron chi connectivity index (χ4n) is 17.2. The van der Waals surface area contributed by atoms with Gasteiger partial charge in [0.25, 0.3) is 0 Å². The summed E-state index contributed by atoms with van der Waals surface area (Å²) in [4.78, 5) is 127. The van der Waals surface area contributed by atoms with Gasteiger partial charge in [-0.2, -0.15) is 0 Å². The SMILES string of the molecule is O=C(O)CCCCCCCCCCOc1cc(C(=O)O)cc(OCCCCCCCCCCC(=O)O)c1-c1c2nc(c(-c3c(OCCCCCCCCCCC(=O)O)cc(C(=O)O)cc3OCCCCCCCCCCC(=O)O)c3ccc([nH]3)c(-c3c(OCCCCCCCCCCC(=O)O)cc(C(=O)O)cc3OCCCCCCCCCCC(=O)O)c3nc(cc4ccc1[nH]4)C=C3)C=C2. The zero-order chi connectivity index (χ0) is 96.6. The molecule has 0 atom stereocenters. The van der Waals surface area contributed by atoms with Gasteiger partial charge in [0.15, 0.2) is 0 Å². The highest BCUT2D eigenvalue weighted by atomic mass is 16.5. The van der Waals surface area contributed by atoms with E-state index < -0.39 is 53.7 Å². The van der Waals surface area contributed by atoms with Crippen LogP contribution in [-0.4, -0.2) is 159 Å². The molecule has 28 nitrogen and oxygen atoms in total. The average molecular weight is 1870 g/mol. The van der Waals surface area contributed by atoms with E-state index in [2.05, 4.69) is 9.97 Å². The molecule has 6 aromatic rings. The molecule has 5 heterocycles. The third-order valence-corrected chi connectivity index (χ3v) is 24.5. The van der Waals surface area contributed by atoms with E-state index in [0.29, 0.717) is 155 Å². The second-order valence-electron chi connectivity index (χ2n) is 35.7. The molecule has 2 aliphatic heterocycles. The molecule has 0 saturated carbocycles. The van der Waals surface area contributed by atoms with Gasteiger partial charge in [0, 0.05) is 77.3 Å². The fraction of sp³-hybridized carbons (Fsp3) is 0.561. The Morgan fingerprint density at radius 2 is 0.407 bits per heavy atom. The van der Waals surface area contributed by atoms with Crippen LogP contribution in [0.15, 0.2) is 66.7 Å². The van der Waals surface area contributed by atoms with Gasteiger partial charge in [0.05, 0.1) is 95.8 Å². The third-order valence-electron chi connectivity index (χ3n) is 24.5. The summed E-state index contributed by atoms with van der Waals surface area (Å²) in [7, 11) is 0. The van der Waals surface area contributed by atoms with Gasteiger partial charge in [-0.1, -0.05) is 231 Å². The first kappa shape index (κ1) is 109. The van der Waals surface area contributed by atoms with Gasteiger partial charge in [-0.15, -0.1) is 0 Å². The van der Waals surface area contributed by atoms with Crippen LogP contribution in [0.5, 0.6) is 34.5 Å². The first-order valence-electron chi connectivity index (χ1n) is 50.0. The number of nitrogens with one attached hydrogen (secondary N) is 2. The molecular weight excluding hydrogens is 1730 g/mol. The number of nitrogens with zero attached hydrogens (tertiary/aromatic N) is 2. The third kappa shape index (κ3) is 40.8. The van der Waals surface area contributed by atoms with E-state index in [1.54, 1.807) is 0 Å². The zero-order valence-corrected chi connectivity index (χ0v) is 79.1. The molecule has 3 aromatic heterocycles. The number of aromatic carboxylic acids is 3. The van der Waals surface area contributed by atoms with Crippen LogP contribution in [0.1, 0.15) is 401 Å². The number of aliphatic carboxylic acids is 6. The van der Waals surface area contributed by atoms with Gasteiger partial charge in [-0.3, -0.25) is 28.8 Å². The van der Waals surface area contributed by atoms with E-state index in [0.717, 1.165) is 231 Å². The summed E-state index contributed by atoms with van der Waals surface area (Å²) < 4.78 is 41.7. The predicted octanol–water partition coefficient (Wildman–Crippen LogP) is 26.6. The van der Waals surface area contributed by atoms with Crippen LogP contribution in [-0.2, 0) is 28.8 Å². The molecule has 0 amide bonds. The lowest BCUT2D eigenvalue weighted by molar-refractivity contribution is -0.138. The Bertz CT molecular complexity index is 4680. The summed E-state index contributed by atoms with van der Waals surface area (Å²) in [6.45, 7) is 1.05. The number of carbonyl (C=O) groups is 9. The van der Waals surface area contributed by atoms with Crippen LogP contribution in [0.2, 0.25) is 0 Å². The molecule has 0 fully saturated rings. The van der Waals surface area contributed by atoms with Crippen molar-refractivity contribution >= 4 is 100 Å². The van der Waals surface area contributed by atoms with E-state index in [1.807, 2.05) is 54.6 Å². The number of H-pyrrole nitrogens is 2. The van der Waals surface area contributed by atoms with E-state index in [4.69, 9.17) is 38.4 Å². The summed E-state index contributed by atoms with van der Waals surface area (Å²) in [5.41, 5.74) is 5.85. The monoisotopic (exact) mass is 1870 g/mol. The maximum Gasteiger partial charge on any atom is 0.335 e. The number of aromatic nitrogens is 4. The Balaban J connectivity index is 1.38. The van der Waals surface area contributed by atoms with E-state index in [1.165, 1.54) is 36.4 Å². The Labute approximate surface area is 793 Å². The molecule has 0 radical (unpaired) electrons. The minimum atomic E-state index is -1.24. The number of ether oxygens (including phenoxy) is 6. The number of rotatable bonds is 78. The first-order chi connectivity index (χ1) is 65.5. The number of carboxylic acids is 9. The summed E-state index contributed by atoms with van der Waals surface area (Å²) in [6, 6.07) is 18.5. The van der Waals surface area contributed by atoms with Crippen molar-refractivity contribution in [2.75, 3.05) is 39.6 Å². The van der Waals surface area contributed by atoms with Crippen molar-refractivity contribution in [3.8, 4) is 67.9 Å². The molecule has 2 aliphatic rings. The van der Waals surface area contributed by atoms with Crippen molar-refractivity contribution in [2.24, 2.45) is 0 Å². The van der Waals surface area contributed by atoms with Crippen molar-refractivity contribution < 1.29 is 118 Å². The number of carboxylic acid groups (broad SMARTS) is 9. The van der Waals surface area contributed by atoms with Crippen LogP contribution in [0.3, 0.4) is 0 Å². The molecule has 0 unspecified atom stereocenters. The summed E-state index contributed by atoms with van der Waals surface area (Å²) >= 11 is 0. The van der Waals surface area contributed by atoms with Gasteiger partial charge in [0.1, 0.15) is 34.5 Å². The smallest absolute Gasteiger partial charge is 0.335 e. The highest BCUT2D eigenvalue weighted by Gasteiger charge is 2.30. The Hall–Kier alpha value is -11.7. The number of aromatic amines is 2. The summed E-state index contributed by atoms with van der Waals surface area (Å²) in [5, 5.41) is 88.6. The van der Waals surface area contributed by atoms with Crippen molar-refractivity contribution in [1.82, 2.24) is 19.9 Å². The summed E-state index contributed by atoms with van der Waals surface area (Å²) in [5.74, 6) is -7.35. The second-order valence-corrected chi connectivity index (χ2v) is 35.7. The second kappa shape index (κ2) is 62.8. The van der Waals surface area contributed by atoms with E-state index in [-0.39, 0.29) is 129 Å². The fourth-order valence-corrected chi connectivity index (χ4v) is 17.2. The standard InChI is InChI=1S/C107H146N4O24/c112-93(113)49-37-25-13-1-7-19-31-43-63-130-87-69-76(105(124)125)70-88(131-64-44-32-20-8-2-14-26-38-50-94(114)115)102(87)99-81-57-55-79(108-81)75-80-56-58-82(109-80)100(103-89(132-65-45-33-21-9-3-15-27-39-51-95(116)117)71-77(106(126)127)72-90(103)133-66-46-34-22-10-4-16-28-40-52-96(118)119)84-60-62-86(111-84)101(85-61-59-83(99)110-85)104-91(134-67-47-35-23-11-5-17-29-41-53-97(120)121)73-78(107(128)129)74-92(104)135-68-48-36-24-12-6-18-30-42-54-98(122)123/h55-62,69-75,108,111H,1-54,63-68H2,(H,112,113)(H,114,115)(H,116,117)(H,118,119)(H,120,121)(H,122,123)(H,124,125)(H,126,127)(H,128,129). The highest BCUT2D eigenvalue weighted by molar-refractivity contribution is 6.04. The molecule has 3 aromatic carbocycles. The van der Waals surface area contributed by atoms with Crippen molar-refractivity contribution in [3.05, 3.63) is 106 Å². The molecular formula is C107H146N4O24. The molecule has 0 aliphatic carbocycles. The van der Waals surface area contributed by atoms with Crippen LogP contribution >= 0.6 is 0 Å². The average Bonchev–Trinajstić information content (AvgIpc) is 1.70. The largest absolute Gasteiger partial charge is 0.493 e. The Morgan fingerprint density at radius 1 is 0.215 bits per heavy atom. The van der Waals surface area contributed by atoms with Gasteiger partial charge in [0.2, 0.25) is 0 Å². The zero-order valence-electron chi connectivity index (χ0n) is 79.1. The van der Waals surface area contributed by atoms with Gasteiger partial charge >= 0.3 is 53.7 Å². The van der Waals surface area contributed by atoms with Crippen molar-refractivity contribution in [1.29, 1.82) is 0 Å². The van der Waals surface area contributed by atoms with Crippen molar-refractivity contribution in [3.63, 3.8) is 0 Å². The Kier molecular flexibility index (Phi) is 50.5. The normalized spacial score (nSPS) is 11.6. The maximum absolute atomic E-state index is 13.7. The van der Waals surface area contributed by atoms with Gasteiger partial charge in [-0.25, -0.2) is 24.4 Å². The molecule has 11 N–H and O–H groups in total. The van der Waals surface area contributed by atoms with Crippen LogP contribution < -0.4 is 28.4 Å². The lowest BCUT2D eigenvalue weighted by Gasteiger charge is -2.19. The van der Waals surface area contributed by atoms with Crippen LogP contribution in [0.25, 0.3) is 79.8 Å². The van der Waals surface area contributed by atoms with E-state index >= 15 is 0 Å². The molecule has 8 rings (SSSR count). The molecule has 8 bridgehead atoms. The first-order valence-corrected chi connectivity index (χ1v) is 50.0. The number of unbranched alkanes of at least 4 members (excludes halogenated alkanes) is 42. The van der Waals surface area contributed by atoms with Crippen LogP contribution in [0.4, 0.5) is 0 Å². The summed E-state index contributed by atoms with van der Waals surface area (Å²) in [6.07, 6.45) is 47.1. The lowest BCUT2D eigenvalue weighted by atomic mass is 9.98. The minimum absolute atomic E-state index is 0.0839. The number of hydrogen-bond acceptors (Lipinski definition) is 17. The van der Waals surface area contributed by atoms with Crippen molar-refractivity contribution in [2.45, 2.75) is 347 Å². The molecule has 135 heavy (non-hydrogen) atoms. The Morgan fingerprint density at radius 3 is 0.630 bits per heavy atom. The highest BCUT2D eigenvalue weighted by Crippen LogP contribution is 2.50. The number of benzene rings is 3. The quantitative estimate of drug-likeness (QED) is 0.0158. The minimum Gasteiger partial charge on any atom is -0.493 e. The molecule has 738 valence electrons. The molecule has 28 heteroatoms. The van der Waals surface area contributed by atoms with E-state index in [9.17, 15) is 89.1 Å². The topological polar surface area (TPSA) is 448 Å². The maximum atomic E-state index is 13.7. The van der Waals surface area contributed by atoms with Gasteiger partial charge in [-0.05, 0) is 168 Å². The van der Waals surface area contributed by atoms with Crippen LogP contribution in [0, 0.1) is 0 Å². The number of hydrogen-bond donors (Lipinski definition) is 11. The lowest BCUT2D eigenvalue weighted by Crippen LogP contribution is -2.07.